The van der Waals surface area contributed by atoms with E-state index in [0.29, 0.717) is 17.3 Å². The van der Waals surface area contributed by atoms with Gasteiger partial charge in [-0.05, 0) is 12.1 Å². The molecule has 0 radical (unpaired) electrons. The number of pyridine rings is 1. The van der Waals surface area contributed by atoms with Crippen molar-refractivity contribution in [3.05, 3.63) is 30.8 Å². The van der Waals surface area contributed by atoms with Gasteiger partial charge in [-0.3, -0.25) is 0 Å². The van der Waals surface area contributed by atoms with Gasteiger partial charge in [-0.25, -0.2) is 9.97 Å². The second-order valence-corrected chi connectivity index (χ2v) is 2.31. The van der Waals surface area contributed by atoms with E-state index in [1.165, 1.54) is 6.26 Å². The first kappa shape index (κ1) is 6.84. The van der Waals surface area contributed by atoms with E-state index in [-0.39, 0.29) is 0 Å². The predicted molar refractivity (Wildman–Crippen MR) is 44.1 cm³/mol. The molecule has 2 heterocycles. The molecule has 0 bridgehead atoms. The lowest BCUT2D eigenvalue weighted by molar-refractivity contribution is 0.572. The standard InChI is InChI=1S/C8H7N3O/c9-6-1-2-7(11-5-6)8-10-3-4-12-8/h1-5H,9H2. The molecule has 2 aromatic rings. The minimum Gasteiger partial charge on any atom is -0.443 e. The fourth-order valence-electron chi connectivity index (χ4n) is 0.882. The maximum absolute atomic E-state index is 5.47. The molecule has 0 saturated heterocycles. The number of aromatic nitrogens is 2. The van der Waals surface area contributed by atoms with E-state index in [0.717, 1.165) is 0 Å². The molecule has 0 fully saturated rings. The van der Waals surface area contributed by atoms with Crippen LogP contribution in [-0.2, 0) is 0 Å². The number of hydrogen-bond acceptors (Lipinski definition) is 4. The van der Waals surface area contributed by atoms with Gasteiger partial charge >= 0.3 is 0 Å². The van der Waals surface area contributed by atoms with Gasteiger partial charge < -0.3 is 10.2 Å². The first-order chi connectivity index (χ1) is 5.86. The average Bonchev–Trinajstić information content (AvgIpc) is 2.58. The van der Waals surface area contributed by atoms with E-state index in [1.54, 1.807) is 24.5 Å². The van der Waals surface area contributed by atoms with Crippen LogP contribution in [0, 0.1) is 0 Å². The van der Waals surface area contributed by atoms with Crippen molar-refractivity contribution in [1.29, 1.82) is 0 Å². The minimum atomic E-state index is 0.509. The summed E-state index contributed by atoms with van der Waals surface area (Å²) in [5, 5.41) is 0. The molecule has 0 saturated carbocycles. The SMILES string of the molecule is Nc1ccc(-c2ncco2)nc1. The van der Waals surface area contributed by atoms with E-state index >= 15 is 0 Å². The van der Waals surface area contributed by atoms with E-state index in [4.69, 9.17) is 10.2 Å². The highest BCUT2D eigenvalue weighted by atomic mass is 16.3. The second kappa shape index (κ2) is 2.65. The number of nitrogens with zero attached hydrogens (tertiary/aromatic N) is 2. The normalized spacial score (nSPS) is 10.0. The highest BCUT2D eigenvalue weighted by Crippen LogP contribution is 2.14. The smallest absolute Gasteiger partial charge is 0.244 e. The van der Waals surface area contributed by atoms with Gasteiger partial charge in [0.2, 0.25) is 5.89 Å². The summed E-state index contributed by atoms with van der Waals surface area (Å²) in [5.74, 6) is 0.509. The van der Waals surface area contributed by atoms with E-state index in [9.17, 15) is 0 Å². The van der Waals surface area contributed by atoms with Crippen LogP contribution in [0.3, 0.4) is 0 Å². The maximum Gasteiger partial charge on any atom is 0.244 e. The Morgan fingerprint density at radius 1 is 1.25 bits per heavy atom. The Bertz CT molecular complexity index is 352. The lowest BCUT2D eigenvalue weighted by Crippen LogP contribution is -1.87. The summed E-state index contributed by atoms with van der Waals surface area (Å²) in [6, 6.07) is 3.52. The number of oxazole rings is 1. The lowest BCUT2D eigenvalue weighted by atomic mass is 10.3. The highest BCUT2D eigenvalue weighted by molar-refractivity contribution is 5.50. The third-order valence-electron chi connectivity index (χ3n) is 1.44. The fraction of sp³-hybridized carbons (Fsp3) is 0. The largest absolute Gasteiger partial charge is 0.443 e. The van der Waals surface area contributed by atoms with Gasteiger partial charge in [-0.2, -0.15) is 0 Å². The first-order valence-corrected chi connectivity index (χ1v) is 3.47. The summed E-state index contributed by atoms with van der Waals surface area (Å²) < 4.78 is 5.04. The van der Waals surface area contributed by atoms with Crippen LogP contribution in [0.1, 0.15) is 0 Å². The van der Waals surface area contributed by atoms with Crippen LogP contribution in [0.5, 0.6) is 0 Å². The quantitative estimate of drug-likeness (QED) is 0.685. The molecule has 4 nitrogen and oxygen atoms in total. The monoisotopic (exact) mass is 161 g/mol. The van der Waals surface area contributed by atoms with Crippen molar-refractivity contribution in [3.63, 3.8) is 0 Å². The minimum absolute atomic E-state index is 0.509. The highest BCUT2D eigenvalue weighted by Gasteiger charge is 2.01. The van der Waals surface area contributed by atoms with Crippen molar-refractivity contribution in [3.8, 4) is 11.6 Å². The maximum atomic E-state index is 5.47. The Morgan fingerprint density at radius 2 is 2.17 bits per heavy atom. The Morgan fingerprint density at radius 3 is 2.75 bits per heavy atom. The third-order valence-corrected chi connectivity index (χ3v) is 1.44. The predicted octanol–water partition coefficient (Wildman–Crippen LogP) is 1.32. The fourth-order valence-corrected chi connectivity index (χ4v) is 0.882. The number of nitrogen functional groups attached to an aromatic ring is 1. The molecule has 0 amide bonds. The molecule has 0 aliphatic carbocycles. The Kier molecular flexibility index (Phi) is 1.51. The van der Waals surface area contributed by atoms with Crippen LogP contribution in [0.4, 0.5) is 5.69 Å². The summed E-state index contributed by atoms with van der Waals surface area (Å²) in [5.41, 5.74) is 6.79. The summed E-state index contributed by atoms with van der Waals surface area (Å²) in [4.78, 5) is 7.99. The zero-order chi connectivity index (χ0) is 8.39. The lowest BCUT2D eigenvalue weighted by Gasteiger charge is -1.93. The molecule has 12 heavy (non-hydrogen) atoms. The zero-order valence-corrected chi connectivity index (χ0v) is 6.27. The van der Waals surface area contributed by atoms with Gasteiger partial charge in [-0.1, -0.05) is 0 Å². The van der Waals surface area contributed by atoms with Gasteiger partial charge in [0.05, 0.1) is 18.1 Å². The van der Waals surface area contributed by atoms with Crippen LogP contribution >= 0.6 is 0 Å². The van der Waals surface area contributed by atoms with Crippen molar-refractivity contribution in [1.82, 2.24) is 9.97 Å². The molecular weight excluding hydrogens is 154 g/mol. The molecule has 2 N–H and O–H groups in total. The topological polar surface area (TPSA) is 64.9 Å². The van der Waals surface area contributed by atoms with E-state index < -0.39 is 0 Å². The van der Waals surface area contributed by atoms with E-state index in [2.05, 4.69) is 9.97 Å². The zero-order valence-electron chi connectivity index (χ0n) is 6.27. The Balaban J connectivity index is 2.43. The van der Waals surface area contributed by atoms with Gasteiger partial charge in [-0.15, -0.1) is 0 Å². The van der Waals surface area contributed by atoms with Crippen LogP contribution in [-0.4, -0.2) is 9.97 Å². The van der Waals surface area contributed by atoms with Crippen molar-refractivity contribution >= 4 is 5.69 Å². The van der Waals surface area contributed by atoms with Gasteiger partial charge in [0.1, 0.15) is 12.0 Å². The van der Waals surface area contributed by atoms with Gasteiger partial charge in [0.15, 0.2) is 0 Å². The molecule has 60 valence electrons. The van der Waals surface area contributed by atoms with Gasteiger partial charge in [0, 0.05) is 0 Å². The van der Waals surface area contributed by atoms with Gasteiger partial charge in [0.25, 0.3) is 0 Å². The molecule has 0 aliphatic rings. The number of hydrogen-bond donors (Lipinski definition) is 1. The van der Waals surface area contributed by atoms with Crippen LogP contribution in [0.15, 0.2) is 35.2 Å². The molecule has 4 heteroatoms. The van der Waals surface area contributed by atoms with Crippen molar-refractivity contribution < 1.29 is 4.42 Å². The number of rotatable bonds is 1. The van der Waals surface area contributed by atoms with E-state index in [1.807, 2.05) is 0 Å². The van der Waals surface area contributed by atoms with Crippen LogP contribution in [0.2, 0.25) is 0 Å². The van der Waals surface area contributed by atoms with Crippen molar-refractivity contribution in [2.24, 2.45) is 0 Å². The molecule has 2 rings (SSSR count). The number of anilines is 1. The molecule has 0 spiro atoms. The Hall–Kier alpha value is -1.84. The summed E-state index contributed by atoms with van der Waals surface area (Å²) in [6.07, 6.45) is 4.65. The molecule has 2 aromatic heterocycles. The average molecular weight is 161 g/mol. The Labute approximate surface area is 69.1 Å². The van der Waals surface area contributed by atoms with Crippen molar-refractivity contribution in [2.45, 2.75) is 0 Å². The summed E-state index contributed by atoms with van der Waals surface area (Å²) >= 11 is 0. The van der Waals surface area contributed by atoms with Crippen LogP contribution < -0.4 is 5.73 Å². The summed E-state index contributed by atoms with van der Waals surface area (Å²) in [7, 11) is 0. The molecule has 0 aromatic carbocycles. The summed E-state index contributed by atoms with van der Waals surface area (Å²) in [6.45, 7) is 0. The first-order valence-electron chi connectivity index (χ1n) is 3.47. The molecule has 0 atom stereocenters. The molecule has 0 aliphatic heterocycles. The third kappa shape index (κ3) is 1.14. The molecule has 0 unspecified atom stereocenters. The molecular formula is C8H7N3O. The number of nitrogens with two attached hydrogens (primary N) is 1. The van der Waals surface area contributed by atoms with Crippen LogP contribution in [0.25, 0.3) is 11.6 Å². The second-order valence-electron chi connectivity index (χ2n) is 2.31. The van der Waals surface area contributed by atoms with Crippen molar-refractivity contribution in [2.75, 3.05) is 5.73 Å².